The third-order valence-corrected chi connectivity index (χ3v) is 3.84. The van der Waals surface area contributed by atoms with Gasteiger partial charge in [0.05, 0.1) is 13.0 Å². The quantitative estimate of drug-likeness (QED) is 0.850. The summed E-state index contributed by atoms with van der Waals surface area (Å²) in [5, 5.41) is 9.01. The molecule has 0 aliphatic heterocycles. The van der Waals surface area contributed by atoms with E-state index in [2.05, 4.69) is 18.2 Å². The summed E-state index contributed by atoms with van der Waals surface area (Å²) in [6.45, 7) is 2.86. The van der Waals surface area contributed by atoms with Gasteiger partial charge in [-0.25, -0.2) is 0 Å². The van der Waals surface area contributed by atoms with Crippen LogP contribution in [-0.4, -0.2) is 36.7 Å². The molecule has 0 aliphatic carbocycles. The van der Waals surface area contributed by atoms with Gasteiger partial charge in [-0.2, -0.15) is 0 Å². The molecule has 0 saturated heterocycles. The second-order valence-corrected chi connectivity index (χ2v) is 5.83. The van der Waals surface area contributed by atoms with Gasteiger partial charge in [-0.15, -0.1) is 0 Å². The molecule has 23 heavy (non-hydrogen) atoms. The van der Waals surface area contributed by atoms with Crippen molar-refractivity contribution in [2.75, 3.05) is 20.7 Å². The van der Waals surface area contributed by atoms with Crippen molar-refractivity contribution in [1.82, 2.24) is 4.90 Å². The number of nitrogens with zero attached hydrogens (tertiary/aromatic N) is 1. The molecule has 0 aliphatic rings. The van der Waals surface area contributed by atoms with E-state index < -0.39 is 11.9 Å². The van der Waals surface area contributed by atoms with Gasteiger partial charge in [-0.05, 0) is 24.2 Å². The highest BCUT2D eigenvalue weighted by Gasteiger charge is 2.15. The lowest BCUT2D eigenvalue weighted by Crippen LogP contribution is -2.28. The summed E-state index contributed by atoms with van der Waals surface area (Å²) in [6.07, 6.45) is 0. The average molecular weight is 313 g/mol. The summed E-state index contributed by atoms with van der Waals surface area (Å²) in [6, 6.07) is 16.3. The van der Waals surface area contributed by atoms with Crippen LogP contribution >= 0.6 is 0 Å². The molecular weight excluding hydrogens is 290 g/mol. The van der Waals surface area contributed by atoms with Gasteiger partial charge in [0.1, 0.15) is 5.75 Å². The van der Waals surface area contributed by atoms with Crippen molar-refractivity contribution >= 4 is 5.97 Å². The first-order valence-corrected chi connectivity index (χ1v) is 7.65. The van der Waals surface area contributed by atoms with Crippen molar-refractivity contribution in [2.24, 2.45) is 5.92 Å². The lowest BCUT2D eigenvalue weighted by Gasteiger charge is -2.20. The lowest BCUT2D eigenvalue weighted by molar-refractivity contribution is -0.141. The maximum absolute atomic E-state index is 11.0. The highest BCUT2D eigenvalue weighted by atomic mass is 16.5. The van der Waals surface area contributed by atoms with Crippen molar-refractivity contribution in [2.45, 2.75) is 13.5 Å². The average Bonchev–Trinajstić information content (AvgIpc) is 2.55. The molecule has 0 bridgehead atoms. The van der Waals surface area contributed by atoms with Crippen LogP contribution in [0, 0.1) is 5.92 Å². The molecule has 0 heterocycles. The highest BCUT2D eigenvalue weighted by molar-refractivity contribution is 5.69. The van der Waals surface area contributed by atoms with Crippen LogP contribution in [0.5, 0.6) is 5.75 Å². The molecule has 4 heteroatoms. The van der Waals surface area contributed by atoms with Gasteiger partial charge in [0.15, 0.2) is 0 Å². The smallest absolute Gasteiger partial charge is 0.307 e. The highest BCUT2D eigenvalue weighted by Crippen LogP contribution is 2.28. The molecule has 0 amide bonds. The molecule has 4 nitrogen and oxygen atoms in total. The van der Waals surface area contributed by atoms with Crippen LogP contribution in [0.1, 0.15) is 12.5 Å². The van der Waals surface area contributed by atoms with E-state index in [4.69, 9.17) is 9.84 Å². The molecular formula is C19H23NO3. The van der Waals surface area contributed by atoms with Crippen molar-refractivity contribution in [3.05, 3.63) is 54.1 Å². The fourth-order valence-corrected chi connectivity index (χ4v) is 2.59. The van der Waals surface area contributed by atoms with Gasteiger partial charge in [0.25, 0.3) is 0 Å². The standard InChI is InChI=1S/C19H23NO3/c1-14(19(21)22)12-20(2)13-17-10-9-16(11-18(17)23-3)15-7-5-4-6-8-15/h4-11,14H,12-13H2,1-3H3,(H,21,22). The molecule has 0 aromatic heterocycles. The van der Waals surface area contributed by atoms with Crippen molar-refractivity contribution in [1.29, 1.82) is 0 Å². The van der Waals surface area contributed by atoms with E-state index in [1.807, 2.05) is 42.3 Å². The molecule has 0 radical (unpaired) electrons. The number of carboxylic acid groups (broad SMARTS) is 1. The summed E-state index contributed by atoms with van der Waals surface area (Å²) < 4.78 is 5.52. The Morgan fingerprint density at radius 3 is 2.48 bits per heavy atom. The zero-order valence-electron chi connectivity index (χ0n) is 13.8. The van der Waals surface area contributed by atoms with E-state index in [1.165, 1.54) is 0 Å². The van der Waals surface area contributed by atoms with E-state index >= 15 is 0 Å². The molecule has 0 saturated carbocycles. The molecule has 0 spiro atoms. The third-order valence-electron chi connectivity index (χ3n) is 3.84. The monoisotopic (exact) mass is 313 g/mol. The van der Waals surface area contributed by atoms with Gasteiger partial charge in [-0.3, -0.25) is 4.79 Å². The number of carbonyl (C=O) groups is 1. The largest absolute Gasteiger partial charge is 0.496 e. The topological polar surface area (TPSA) is 49.8 Å². The van der Waals surface area contributed by atoms with E-state index in [0.717, 1.165) is 22.4 Å². The van der Waals surface area contributed by atoms with Crippen LogP contribution in [0.3, 0.4) is 0 Å². The minimum atomic E-state index is -0.775. The second kappa shape index (κ2) is 7.79. The number of aliphatic carboxylic acids is 1. The molecule has 2 rings (SSSR count). The summed E-state index contributed by atoms with van der Waals surface area (Å²) in [4.78, 5) is 13.0. The second-order valence-electron chi connectivity index (χ2n) is 5.83. The number of hydrogen-bond donors (Lipinski definition) is 1. The van der Waals surface area contributed by atoms with Gasteiger partial charge in [0, 0.05) is 18.7 Å². The van der Waals surface area contributed by atoms with Crippen LogP contribution in [-0.2, 0) is 11.3 Å². The number of hydrogen-bond acceptors (Lipinski definition) is 3. The predicted octanol–water partition coefficient (Wildman–Crippen LogP) is 3.51. The lowest BCUT2D eigenvalue weighted by atomic mass is 10.0. The van der Waals surface area contributed by atoms with E-state index in [-0.39, 0.29) is 0 Å². The molecule has 122 valence electrons. The Morgan fingerprint density at radius 2 is 1.87 bits per heavy atom. The van der Waals surface area contributed by atoms with Crippen LogP contribution in [0.25, 0.3) is 11.1 Å². The fraction of sp³-hybridized carbons (Fsp3) is 0.316. The Hall–Kier alpha value is -2.33. The Morgan fingerprint density at radius 1 is 1.17 bits per heavy atom. The third kappa shape index (κ3) is 4.57. The molecule has 2 aromatic rings. The maximum Gasteiger partial charge on any atom is 0.307 e. The SMILES string of the molecule is COc1cc(-c2ccccc2)ccc1CN(C)CC(C)C(=O)O. The minimum absolute atomic E-state index is 0.394. The Balaban J connectivity index is 2.15. The van der Waals surface area contributed by atoms with Crippen LogP contribution in [0.15, 0.2) is 48.5 Å². The number of benzene rings is 2. The number of methoxy groups -OCH3 is 1. The molecule has 1 N–H and O–H groups in total. The maximum atomic E-state index is 11.0. The van der Waals surface area contributed by atoms with E-state index in [9.17, 15) is 4.79 Å². The van der Waals surface area contributed by atoms with Gasteiger partial charge in [0.2, 0.25) is 0 Å². The van der Waals surface area contributed by atoms with Crippen molar-refractivity contribution in [3.8, 4) is 16.9 Å². The van der Waals surface area contributed by atoms with Crippen LogP contribution in [0.4, 0.5) is 0 Å². The minimum Gasteiger partial charge on any atom is -0.496 e. The fourth-order valence-electron chi connectivity index (χ4n) is 2.59. The van der Waals surface area contributed by atoms with Gasteiger partial charge < -0.3 is 14.7 Å². The van der Waals surface area contributed by atoms with Gasteiger partial charge in [-0.1, -0.05) is 49.4 Å². The molecule has 1 atom stereocenters. The van der Waals surface area contributed by atoms with Crippen molar-refractivity contribution < 1.29 is 14.6 Å². The Bertz CT molecular complexity index is 655. The molecule has 0 fully saturated rings. The first-order chi connectivity index (χ1) is 11.0. The first-order valence-electron chi connectivity index (χ1n) is 7.65. The Kier molecular flexibility index (Phi) is 5.77. The van der Waals surface area contributed by atoms with E-state index in [0.29, 0.717) is 13.1 Å². The van der Waals surface area contributed by atoms with Crippen LogP contribution < -0.4 is 4.74 Å². The number of rotatable bonds is 7. The first kappa shape index (κ1) is 17.0. The predicted molar refractivity (Wildman–Crippen MR) is 91.6 cm³/mol. The summed E-state index contributed by atoms with van der Waals surface area (Å²) in [7, 11) is 3.58. The normalized spacial score (nSPS) is 12.2. The summed E-state index contributed by atoms with van der Waals surface area (Å²) in [5.74, 6) is -0.348. The Labute approximate surface area is 137 Å². The van der Waals surface area contributed by atoms with Crippen LogP contribution in [0.2, 0.25) is 0 Å². The summed E-state index contributed by atoms with van der Waals surface area (Å²) in [5.41, 5.74) is 3.30. The molecule has 1 unspecified atom stereocenters. The zero-order valence-corrected chi connectivity index (χ0v) is 13.8. The van der Waals surface area contributed by atoms with Gasteiger partial charge >= 0.3 is 5.97 Å². The number of carboxylic acids is 1. The number of ether oxygens (including phenoxy) is 1. The zero-order chi connectivity index (χ0) is 16.8. The molecule has 2 aromatic carbocycles. The van der Waals surface area contributed by atoms with E-state index in [1.54, 1.807) is 14.0 Å². The summed E-state index contributed by atoms with van der Waals surface area (Å²) >= 11 is 0. The van der Waals surface area contributed by atoms with Crippen molar-refractivity contribution in [3.63, 3.8) is 0 Å².